The number of thioether (sulfide) groups is 1. The Morgan fingerprint density at radius 2 is 2.05 bits per heavy atom. The van der Waals surface area contributed by atoms with Gasteiger partial charge in [0.15, 0.2) is 0 Å². The Morgan fingerprint density at radius 3 is 2.62 bits per heavy atom. The molecule has 0 aromatic heterocycles. The third-order valence-electron chi connectivity index (χ3n) is 3.99. The van der Waals surface area contributed by atoms with Crippen molar-refractivity contribution in [3.8, 4) is 6.07 Å². The number of hydrogen-bond acceptors (Lipinski definition) is 4. The van der Waals surface area contributed by atoms with Crippen LogP contribution >= 0.6 is 11.8 Å². The lowest BCUT2D eigenvalue weighted by Gasteiger charge is -2.35. The molecule has 0 atom stereocenters. The zero-order valence-electron chi connectivity index (χ0n) is 13.3. The molecule has 2 rings (SSSR count). The average molecular weight is 303 g/mol. The van der Waals surface area contributed by atoms with E-state index < -0.39 is 0 Å². The molecule has 0 aliphatic carbocycles. The van der Waals surface area contributed by atoms with Crippen LogP contribution in [-0.4, -0.2) is 44.4 Å². The van der Waals surface area contributed by atoms with Gasteiger partial charge >= 0.3 is 0 Å². The van der Waals surface area contributed by atoms with Gasteiger partial charge < -0.3 is 9.80 Å². The first-order chi connectivity index (χ1) is 10.2. The zero-order valence-corrected chi connectivity index (χ0v) is 14.1. The first-order valence-corrected chi connectivity index (χ1v) is 8.69. The average Bonchev–Trinajstić information content (AvgIpc) is 2.47. The maximum Gasteiger partial charge on any atom is 0.103 e. The minimum Gasteiger partial charge on any atom is -0.370 e. The summed E-state index contributed by atoms with van der Waals surface area (Å²) in [5.74, 6) is 1.79. The molecule has 1 aromatic rings. The van der Waals surface area contributed by atoms with E-state index >= 15 is 0 Å². The largest absolute Gasteiger partial charge is 0.370 e. The molecule has 0 N–H and O–H groups in total. The summed E-state index contributed by atoms with van der Waals surface area (Å²) in [5, 5.41) is 9.53. The zero-order chi connectivity index (χ0) is 15.2. The number of benzene rings is 1. The van der Waals surface area contributed by atoms with E-state index in [1.54, 1.807) is 11.8 Å². The highest BCUT2D eigenvalue weighted by Gasteiger charge is 2.22. The summed E-state index contributed by atoms with van der Waals surface area (Å²) < 4.78 is 0. The summed E-state index contributed by atoms with van der Waals surface area (Å²) in [6.45, 7) is 5.43. The van der Waals surface area contributed by atoms with Gasteiger partial charge in [-0.3, -0.25) is 0 Å². The van der Waals surface area contributed by atoms with E-state index in [0.29, 0.717) is 0 Å². The molecule has 0 radical (unpaired) electrons. The fourth-order valence-corrected chi connectivity index (χ4v) is 3.82. The number of anilines is 1. The molecular formula is C17H25N3S. The van der Waals surface area contributed by atoms with Crippen LogP contribution in [0.1, 0.15) is 25.3 Å². The predicted octanol–water partition coefficient (Wildman–Crippen LogP) is 3.45. The Balaban J connectivity index is 2.10. The normalized spacial score (nSPS) is 16.2. The molecular weight excluding hydrogens is 278 g/mol. The van der Waals surface area contributed by atoms with Crippen LogP contribution in [0.25, 0.3) is 0 Å². The molecule has 4 heteroatoms. The van der Waals surface area contributed by atoms with Crippen LogP contribution in [0.5, 0.6) is 0 Å². The van der Waals surface area contributed by atoms with Gasteiger partial charge in [-0.2, -0.15) is 5.26 Å². The van der Waals surface area contributed by atoms with Gasteiger partial charge in [-0.1, -0.05) is 13.0 Å². The number of hydrogen-bond donors (Lipinski definition) is 0. The summed E-state index contributed by atoms with van der Waals surface area (Å²) in [6.07, 6.45) is 2.43. The molecule has 0 bridgehead atoms. The van der Waals surface area contributed by atoms with Gasteiger partial charge in [0.25, 0.3) is 0 Å². The van der Waals surface area contributed by atoms with Crippen LogP contribution in [0.15, 0.2) is 23.1 Å². The summed E-state index contributed by atoms with van der Waals surface area (Å²) in [5.41, 5.74) is 1.98. The van der Waals surface area contributed by atoms with Crippen LogP contribution in [0.3, 0.4) is 0 Å². The molecule has 0 unspecified atom stereocenters. The lowest BCUT2D eigenvalue weighted by molar-refractivity contribution is 0.285. The highest BCUT2D eigenvalue weighted by Crippen LogP contribution is 2.32. The SMILES string of the molecule is CCSc1cccc(N2CCC(CN(C)C)CC2)c1C#N. The van der Waals surface area contributed by atoms with E-state index in [9.17, 15) is 5.26 Å². The maximum atomic E-state index is 9.53. The first-order valence-electron chi connectivity index (χ1n) is 7.71. The molecule has 1 heterocycles. The van der Waals surface area contributed by atoms with Crippen molar-refractivity contribution in [3.05, 3.63) is 23.8 Å². The van der Waals surface area contributed by atoms with Crippen LogP contribution in [-0.2, 0) is 0 Å². The molecule has 3 nitrogen and oxygen atoms in total. The Hall–Kier alpha value is -1.18. The number of nitriles is 1. The van der Waals surface area contributed by atoms with E-state index in [1.165, 1.54) is 19.4 Å². The lowest BCUT2D eigenvalue weighted by atomic mass is 9.95. The van der Waals surface area contributed by atoms with Gasteiger partial charge in [0.2, 0.25) is 0 Å². The van der Waals surface area contributed by atoms with Gasteiger partial charge in [-0.05, 0) is 50.7 Å². The second kappa shape index (κ2) is 7.72. The smallest absolute Gasteiger partial charge is 0.103 e. The minimum atomic E-state index is 0.787. The molecule has 1 aliphatic rings. The van der Waals surface area contributed by atoms with Gasteiger partial charge in [0, 0.05) is 24.5 Å². The van der Waals surface area contributed by atoms with Crippen molar-refractivity contribution in [2.24, 2.45) is 5.92 Å². The Labute approximate surface area is 132 Å². The van der Waals surface area contributed by atoms with Gasteiger partial charge in [0.1, 0.15) is 6.07 Å². The molecule has 21 heavy (non-hydrogen) atoms. The minimum absolute atomic E-state index is 0.787. The summed E-state index contributed by atoms with van der Waals surface area (Å²) in [7, 11) is 4.29. The second-order valence-electron chi connectivity index (χ2n) is 5.89. The molecule has 114 valence electrons. The second-order valence-corrected chi connectivity index (χ2v) is 7.19. The van der Waals surface area contributed by atoms with E-state index in [1.807, 2.05) is 0 Å². The van der Waals surface area contributed by atoms with E-state index in [2.05, 4.69) is 55.1 Å². The van der Waals surface area contributed by atoms with Crippen LogP contribution in [0.4, 0.5) is 5.69 Å². The Bertz CT molecular complexity index is 499. The fraction of sp³-hybridized carbons (Fsp3) is 0.588. The Morgan fingerprint density at radius 1 is 1.33 bits per heavy atom. The Kier molecular flexibility index (Phi) is 5.96. The van der Waals surface area contributed by atoms with E-state index in [-0.39, 0.29) is 0 Å². The lowest BCUT2D eigenvalue weighted by Crippen LogP contribution is -2.37. The molecule has 1 aliphatic heterocycles. The van der Waals surface area contributed by atoms with Crippen molar-refractivity contribution in [2.75, 3.05) is 44.4 Å². The molecule has 0 amide bonds. The van der Waals surface area contributed by atoms with Crippen molar-refractivity contribution < 1.29 is 0 Å². The van der Waals surface area contributed by atoms with E-state index in [4.69, 9.17) is 0 Å². The molecule has 0 saturated carbocycles. The quantitative estimate of drug-likeness (QED) is 0.780. The number of piperidine rings is 1. The van der Waals surface area contributed by atoms with Crippen molar-refractivity contribution >= 4 is 17.4 Å². The third-order valence-corrected chi connectivity index (χ3v) is 4.93. The number of nitrogens with zero attached hydrogens (tertiary/aromatic N) is 3. The highest BCUT2D eigenvalue weighted by atomic mass is 32.2. The van der Waals surface area contributed by atoms with Crippen molar-refractivity contribution in [1.29, 1.82) is 5.26 Å². The summed E-state index contributed by atoms with van der Waals surface area (Å²) >= 11 is 1.76. The standard InChI is InChI=1S/C17H25N3S/c1-4-21-17-7-5-6-16(15(17)12-18)20-10-8-14(9-11-20)13-19(2)3/h5-7,14H,4,8-11,13H2,1-3H3. The summed E-state index contributed by atoms with van der Waals surface area (Å²) in [4.78, 5) is 5.79. The third kappa shape index (κ3) is 4.15. The molecule has 1 fully saturated rings. The molecule has 0 spiro atoms. The monoisotopic (exact) mass is 303 g/mol. The topological polar surface area (TPSA) is 30.3 Å². The fourth-order valence-electron chi connectivity index (χ4n) is 3.04. The van der Waals surface area contributed by atoms with Crippen molar-refractivity contribution in [3.63, 3.8) is 0 Å². The van der Waals surface area contributed by atoms with Crippen LogP contribution < -0.4 is 4.90 Å². The van der Waals surface area contributed by atoms with Gasteiger partial charge in [-0.25, -0.2) is 0 Å². The maximum absolute atomic E-state index is 9.53. The number of rotatable bonds is 5. The van der Waals surface area contributed by atoms with Crippen LogP contribution in [0, 0.1) is 17.2 Å². The predicted molar refractivity (Wildman–Crippen MR) is 91.0 cm³/mol. The van der Waals surface area contributed by atoms with Crippen molar-refractivity contribution in [2.45, 2.75) is 24.7 Å². The first kappa shape index (κ1) is 16.2. The van der Waals surface area contributed by atoms with Gasteiger partial charge in [-0.15, -0.1) is 11.8 Å². The molecule has 1 aromatic carbocycles. The summed E-state index contributed by atoms with van der Waals surface area (Å²) in [6, 6.07) is 8.67. The molecule has 1 saturated heterocycles. The highest BCUT2D eigenvalue weighted by molar-refractivity contribution is 7.99. The van der Waals surface area contributed by atoms with E-state index in [0.717, 1.165) is 40.9 Å². The van der Waals surface area contributed by atoms with Crippen LogP contribution in [0.2, 0.25) is 0 Å². The van der Waals surface area contributed by atoms with Gasteiger partial charge in [0.05, 0.1) is 11.3 Å². The van der Waals surface area contributed by atoms with Crippen molar-refractivity contribution in [1.82, 2.24) is 4.90 Å².